The number of pyridine rings is 1. The summed E-state index contributed by atoms with van der Waals surface area (Å²) in [6.45, 7) is 0. The van der Waals surface area contributed by atoms with Gasteiger partial charge in [0, 0.05) is 23.4 Å². The van der Waals surface area contributed by atoms with Crippen molar-refractivity contribution in [2.24, 2.45) is 0 Å². The zero-order chi connectivity index (χ0) is 10.5. The molecule has 15 heavy (non-hydrogen) atoms. The predicted molar refractivity (Wildman–Crippen MR) is 58.4 cm³/mol. The maximum absolute atomic E-state index is 11.7. The van der Waals surface area contributed by atoms with Crippen LogP contribution in [-0.4, -0.2) is 9.19 Å². The molecule has 0 bridgehead atoms. The third-order valence-electron chi connectivity index (χ3n) is 1.79. The third kappa shape index (κ3) is 2.63. The Balaban J connectivity index is 2.11. The number of furan rings is 1. The lowest BCUT2D eigenvalue weighted by Crippen LogP contribution is -1.86. The van der Waals surface area contributed by atoms with Gasteiger partial charge in [-0.1, -0.05) is 0 Å². The van der Waals surface area contributed by atoms with E-state index in [0.29, 0.717) is 4.90 Å². The normalized spacial score (nSPS) is 13.1. The van der Waals surface area contributed by atoms with Crippen molar-refractivity contribution < 1.29 is 8.63 Å². The molecule has 0 fully saturated rings. The van der Waals surface area contributed by atoms with Crippen LogP contribution in [0.4, 0.5) is 0 Å². The van der Waals surface area contributed by atoms with E-state index in [4.69, 9.17) is 4.42 Å². The average molecular weight is 219 g/mol. The average Bonchev–Trinajstić information content (AvgIpc) is 2.80. The van der Waals surface area contributed by atoms with Crippen molar-refractivity contribution in [3.8, 4) is 0 Å². The number of aromatic nitrogens is 1. The van der Waals surface area contributed by atoms with E-state index >= 15 is 0 Å². The van der Waals surface area contributed by atoms with E-state index in [1.807, 2.05) is 0 Å². The van der Waals surface area contributed by atoms with Crippen LogP contribution in [0.1, 0.15) is 5.56 Å². The molecule has 1 unspecified atom stereocenters. The highest BCUT2D eigenvalue weighted by atomic mass is 32.2. The molecule has 76 valence electrons. The molecule has 1 atom stereocenters. The molecular weight excluding hydrogens is 210 g/mol. The highest BCUT2D eigenvalue weighted by molar-refractivity contribution is 7.88. The van der Waals surface area contributed by atoms with Gasteiger partial charge < -0.3 is 4.42 Å². The standard InChI is InChI=1S/C11H9NO2S/c13-15(11-2-1-5-12-8-11)7-4-10-3-6-14-9-10/h1-9H/b7-4+. The van der Waals surface area contributed by atoms with Gasteiger partial charge in [-0.3, -0.25) is 4.98 Å². The largest absolute Gasteiger partial charge is 0.472 e. The summed E-state index contributed by atoms with van der Waals surface area (Å²) in [6.07, 6.45) is 8.17. The Morgan fingerprint density at radius 2 is 2.33 bits per heavy atom. The molecule has 2 aromatic heterocycles. The lowest BCUT2D eigenvalue weighted by molar-refractivity contribution is 0.567. The summed E-state index contributed by atoms with van der Waals surface area (Å²) in [5.74, 6) is 0. The minimum absolute atomic E-state index is 0.692. The van der Waals surface area contributed by atoms with Gasteiger partial charge in [-0.15, -0.1) is 0 Å². The lowest BCUT2D eigenvalue weighted by atomic mass is 10.3. The Kier molecular flexibility index (Phi) is 3.09. The molecule has 0 aliphatic rings. The molecule has 0 aliphatic carbocycles. The third-order valence-corrected chi connectivity index (χ3v) is 2.88. The van der Waals surface area contributed by atoms with E-state index in [1.54, 1.807) is 54.6 Å². The Labute approximate surface area is 89.9 Å². The van der Waals surface area contributed by atoms with Crippen LogP contribution in [0, 0.1) is 0 Å². The second-order valence-corrected chi connectivity index (χ2v) is 4.18. The maximum atomic E-state index is 11.7. The van der Waals surface area contributed by atoms with Gasteiger partial charge in [0.1, 0.15) is 0 Å². The summed E-state index contributed by atoms with van der Waals surface area (Å²) in [5.41, 5.74) is 0.896. The minimum atomic E-state index is -1.15. The molecule has 2 heterocycles. The SMILES string of the molecule is O=S(/C=C/c1ccoc1)c1cccnc1. The lowest BCUT2D eigenvalue weighted by Gasteiger charge is -1.93. The van der Waals surface area contributed by atoms with Crippen LogP contribution in [0.5, 0.6) is 0 Å². The molecule has 0 saturated heterocycles. The van der Waals surface area contributed by atoms with E-state index in [9.17, 15) is 4.21 Å². The molecule has 0 saturated carbocycles. The molecule has 4 heteroatoms. The van der Waals surface area contributed by atoms with Crippen molar-refractivity contribution in [2.45, 2.75) is 4.90 Å². The first kappa shape index (κ1) is 9.86. The first-order valence-electron chi connectivity index (χ1n) is 4.37. The molecule has 2 aromatic rings. The number of hydrogen-bond donors (Lipinski definition) is 0. The topological polar surface area (TPSA) is 43.1 Å². The minimum Gasteiger partial charge on any atom is -0.472 e. The van der Waals surface area contributed by atoms with Crippen molar-refractivity contribution in [3.63, 3.8) is 0 Å². The van der Waals surface area contributed by atoms with Crippen molar-refractivity contribution in [3.05, 3.63) is 54.1 Å². The number of rotatable bonds is 3. The van der Waals surface area contributed by atoms with Crippen LogP contribution in [0.2, 0.25) is 0 Å². The van der Waals surface area contributed by atoms with Crippen LogP contribution in [-0.2, 0) is 10.8 Å². The van der Waals surface area contributed by atoms with Gasteiger partial charge in [0.15, 0.2) is 0 Å². The molecule has 0 spiro atoms. The molecule has 2 rings (SSSR count). The molecule has 0 aliphatic heterocycles. The van der Waals surface area contributed by atoms with Crippen molar-refractivity contribution in [1.29, 1.82) is 0 Å². The first-order chi connectivity index (χ1) is 7.36. The molecule has 3 nitrogen and oxygen atoms in total. The highest BCUT2D eigenvalue weighted by Crippen LogP contribution is 2.08. The molecule has 0 amide bonds. The molecule has 0 aromatic carbocycles. The molecular formula is C11H9NO2S. The second kappa shape index (κ2) is 4.70. The van der Waals surface area contributed by atoms with Crippen molar-refractivity contribution >= 4 is 16.9 Å². The van der Waals surface area contributed by atoms with Crippen LogP contribution in [0.3, 0.4) is 0 Å². The number of hydrogen-bond acceptors (Lipinski definition) is 3. The predicted octanol–water partition coefficient (Wildman–Crippen LogP) is 2.45. The zero-order valence-corrected chi connectivity index (χ0v) is 8.68. The van der Waals surface area contributed by atoms with Crippen LogP contribution < -0.4 is 0 Å². The monoisotopic (exact) mass is 219 g/mol. The van der Waals surface area contributed by atoms with Crippen molar-refractivity contribution in [1.82, 2.24) is 4.98 Å². The van der Waals surface area contributed by atoms with E-state index in [-0.39, 0.29) is 0 Å². The van der Waals surface area contributed by atoms with Gasteiger partial charge >= 0.3 is 0 Å². The smallest absolute Gasteiger partial charge is 0.0975 e. The van der Waals surface area contributed by atoms with E-state index in [1.165, 1.54) is 0 Å². The Morgan fingerprint density at radius 3 is 3.00 bits per heavy atom. The van der Waals surface area contributed by atoms with E-state index in [2.05, 4.69) is 4.98 Å². The van der Waals surface area contributed by atoms with Gasteiger partial charge in [0.25, 0.3) is 0 Å². The summed E-state index contributed by atoms with van der Waals surface area (Å²) in [6, 6.07) is 5.35. The van der Waals surface area contributed by atoms with E-state index < -0.39 is 10.8 Å². The Hall–Kier alpha value is -1.68. The quantitative estimate of drug-likeness (QED) is 0.796. The van der Waals surface area contributed by atoms with Gasteiger partial charge in [-0.25, -0.2) is 4.21 Å². The fourth-order valence-electron chi connectivity index (χ4n) is 1.05. The van der Waals surface area contributed by atoms with Crippen LogP contribution in [0.25, 0.3) is 6.08 Å². The summed E-state index contributed by atoms with van der Waals surface area (Å²) in [5, 5.41) is 1.61. The summed E-state index contributed by atoms with van der Waals surface area (Å²) in [7, 11) is -1.15. The first-order valence-corrected chi connectivity index (χ1v) is 5.58. The van der Waals surface area contributed by atoms with E-state index in [0.717, 1.165) is 5.56 Å². The second-order valence-electron chi connectivity index (χ2n) is 2.85. The van der Waals surface area contributed by atoms with Crippen LogP contribution in [0.15, 0.2) is 57.8 Å². The van der Waals surface area contributed by atoms with Gasteiger partial charge in [0.05, 0.1) is 28.2 Å². The Morgan fingerprint density at radius 1 is 1.40 bits per heavy atom. The fourth-order valence-corrected chi connectivity index (χ4v) is 1.87. The number of nitrogens with zero attached hydrogens (tertiary/aromatic N) is 1. The van der Waals surface area contributed by atoms with Gasteiger partial charge in [-0.05, 0) is 24.3 Å². The maximum Gasteiger partial charge on any atom is 0.0975 e. The zero-order valence-electron chi connectivity index (χ0n) is 7.87. The summed E-state index contributed by atoms with van der Waals surface area (Å²) in [4.78, 5) is 4.60. The fraction of sp³-hybridized carbons (Fsp3) is 0. The molecule has 0 N–H and O–H groups in total. The van der Waals surface area contributed by atoms with Gasteiger partial charge in [0.2, 0.25) is 0 Å². The highest BCUT2D eigenvalue weighted by Gasteiger charge is 1.98. The van der Waals surface area contributed by atoms with Crippen molar-refractivity contribution in [2.75, 3.05) is 0 Å². The van der Waals surface area contributed by atoms with Crippen LogP contribution >= 0.6 is 0 Å². The molecule has 0 radical (unpaired) electrons. The Bertz CT molecular complexity index is 463. The summed E-state index contributed by atoms with van der Waals surface area (Å²) >= 11 is 0. The summed E-state index contributed by atoms with van der Waals surface area (Å²) < 4.78 is 16.6. The van der Waals surface area contributed by atoms with Gasteiger partial charge in [-0.2, -0.15) is 0 Å².